The summed E-state index contributed by atoms with van der Waals surface area (Å²) in [5, 5.41) is 0. The molecule has 0 unspecified atom stereocenters. The molecule has 2 N–H and O–H groups in total. The van der Waals surface area contributed by atoms with Crippen molar-refractivity contribution < 1.29 is 31.5 Å². The first-order chi connectivity index (χ1) is 16.1. The summed E-state index contributed by atoms with van der Waals surface area (Å²) >= 11 is 0. The van der Waals surface area contributed by atoms with Gasteiger partial charge >= 0.3 is 0 Å². The van der Waals surface area contributed by atoms with Crippen LogP contribution >= 0.6 is 0 Å². The zero-order chi connectivity index (χ0) is 25.0. The third kappa shape index (κ3) is 5.28. The molecule has 0 radical (unpaired) electrons. The van der Waals surface area contributed by atoms with Crippen molar-refractivity contribution in [3.63, 3.8) is 0 Å². The van der Waals surface area contributed by atoms with Gasteiger partial charge in [-0.05, 0) is 54.4 Å². The van der Waals surface area contributed by atoms with E-state index in [1.54, 1.807) is 19.1 Å². The van der Waals surface area contributed by atoms with E-state index < -0.39 is 34.1 Å². The van der Waals surface area contributed by atoms with E-state index in [4.69, 9.17) is 15.2 Å². The number of amides is 1. The summed E-state index contributed by atoms with van der Waals surface area (Å²) in [5.41, 5.74) is 6.67. The lowest BCUT2D eigenvalue weighted by molar-refractivity contribution is -0.116. The highest BCUT2D eigenvalue weighted by atomic mass is 32.2. The van der Waals surface area contributed by atoms with Crippen LogP contribution in [-0.2, 0) is 21.2 Å². The molecule has 7 nitrogen and oxygen atoms in total. The number of sulfonamides is 1. The summed E-state index contributed by atoms with van der Waals surface area (Å²) in [5.74, 6) is -1.67. The molecule has 0 aliphatic rings. The Morgan fingerprint density at radius 1 is 0.941 bits per heavy atom. The van der Waals surface area contributed by atoms with E-state index in [1.165, 1.54) is 38.5 Å². The highest BCUT2D eigenvalue weighted by molar-refractivity contribution is 7.92. The fourth-order valence-electron chi connectivity index (χ4n) is 3.53. The van der Waals surface area contributed by atoms with Gasteiger partial charge in [-0.2, -0.15) is 0 Å². The smallest absolute Gasteiger partial charge is 0.264 e. The van der Waals surface area contributed by atoms with Crippen molar-refractivity contribution in [3.8, 4) is 11.5 Å². The van der Waals surface area contributed by atoms with Crippen LogP contribution in [0.4, 0.5) is 14.5 Å². The topological polar surface area (TPSA) is 98.9 Å². The van der Waals surface area contributed by atoms with E-state index in [2.05, 4.69) is 0 Å². The van der Waals surface area contributed by atoms with Crippen molar-refractivity contribution in [1.82, 2.24) is 0 Å². The Morgan fingerprint density at radius 3 is 2.29 bits per heavy atom. The maximum Gasteiger partial charge on any atom is 0.264 e. The van der Waals surface area contributed by atoms with Gasteiger partial charge in [0.05, 0.1) is 24.8 Å². The van der Waals surface area contributed by atoms with E-state index in [0.717, 1.165) is 28.1 Å². The summed E-state index contributed by atoms with van der Waals surface area (Å²) < 4.78 is 66.6. The van der Waals surface area contributed by atoms with Crippen LogP contribution in [0, 0.1) is 18.6 Å². The van der Waals surface area contributed by atoms with Crippen molar-refractivity contribution in [2.24, 2.45) is 5.73 Å². The summed E-state index contributed by atoms with van der Waals surface area (Å²) in [4.78, 5) is 11.7. The van der Waals surface area contributed by atoms with Crippen molar-refractivity contribution >= 4 is 21.6 Å². The first-order valence-electron chi connectivity index (χ1n) is 10.1. The Kier molecular flexibility index (Phi) is 7.41. The van der Waals surface area contributed by atoms with Crippen LogP contribution in [0.1, 0.15) is 16.7 Å². The number of halogens is 2. The van der Waals surface area contributed by atoms with Crippen molar-refractivity contribution in [3.05, 3.63) is 82.9 Å². The number of rotatable bonds is 9. The molecule has 10 heteroatoms. The van der Waals surface area contributed by atoms with Gasteiger partial charge < -0.3 is 15.2 Å². The fraction of sp³-hybridized carbons (Fsp3) is 0.208. The molecule has 0 heterocycles. The number of methoxy groups -OCH3 is 2. The normalized spacial score (nSPS) is 11.2. The third-order valence-electron chi connectivity index (χ3n) is 5.13. The summed E-state index contributed by atoms with van der Waals surface area (Å²) in [6.07, 6.45) is -0.114. The van der Waals surface area contributed by atoms with E-state index >= 15 is 0 Å². The first kappa shape index (κ1) is 25.0. The number of primary amides is 1. The Labute approximate surface area is 196 Å². The standard InChI is InChI=1S/C24H24F2N2O5S/c1-15-4-8-21(17(10-15)11-16-12-18(25)5-7-20(16)26)28(14-24(27)29)34(30,31)19-6-9-22(32-2)23(13-19)33-3/h4-10,12-13H,11,14H2,1-3H3,(H2,27,29). The molecule has 3 aromatic carbocycles. The van der Waals surface area contributed by atoms with Crippen molar-refractivity contribution in [2.75, 3.05) is 25.1 Å². The van der Waals surface area contributed by atoms with Crippen LogP contribution in [0.15, 0.2) is 59.5 Å². The highest BCUT2D eigenvalue weighted by Gasteiger charge is 2.29. The summed E-state index contributed by atoms with van der Waals surface area (Å²) in [7, 11) is -1.55. The lowest BCUT2D eigenvalue weighted by Gasteiger charge is -2.26. The maximum atomic E-state index is 14.4. The highest BCUT2D eigenvalue weighted by Crippen LogP contribution is 2.34. The Bertz CT molecular complexity index is 1330. The van der Waals surface area contributed by atoms with E-state index in [1.807, 2.05) is 0 Å². The molecule has 0 aliphatic heterocycles. The second-order valence-electron chi connectivity index (χ2n) is 7.54. The largest absolute Gasteiger partial charge is 0.493 e. The van der Waals surface area contributed by atoms with Crippen molar-refractivity contribution in [2.45, 2.75) is 18.2 Å². The number of carbonyl (C=O) groups excluding carboxylic acids is 1. The van der Waals surface area contributed by atoms with E-state index in [9.17, 15) is 22.0 Å². The zero-order valence-electron chi connectivity index (χ0n) is 18.8. The van der Waals surface area contributed by atoms with Gasteiger partial charge in [-0.1, -0.05) is 17.7 Å². The molecule has 0 bridgehead atoms. The minimum absolute atomic E-state index is 0.0365. The summed E-state index contributed by atoms with van der Waals surface area (Å²) in [6.45, 7) is 1.11. The van der Waals surface area contributed by atoms with Crippen LogP contribution in [-0.4, -0.2) is 35.1 Å². The zero-order valence-corrected chi connectivity index (χ0v) is 19.7. The molecule has 0 aliphatic carbocycles. The number of benzene rings is 3. The van der Waals surface area contributed by atoms with Gasteiger partial charge in [0, 0.05) is 12.5 Å². The third-order valence-corrected chi connectivity index (χ3v) is 6.89. The molecule has 3 aromatic rings. The number of nitrogens with two attached hydrogens (primary N) is 1. The lowest BCUT2D eigenvalue weighted by Crippen LogP contribution is -2.39. The van der Waals surface area contributed by atoms with Crippen LogP contribution in [0.2, 0.25) is 0 Å². The molecule has 0 saturated heterocycles. The Morgan fingerprint density at radius 2 is 1.65 bits per heavy atom. The average Bonchev–Trinajstić information content (AvgIpc) is 2.79. The van der Waals surface area contributed by atoms with E-state index in [-0.39, 0.29) is 28.3 Å². The number of nitrogens with zero attached hydrogens (tertiary/aromatic N) is 1. The van der Waals surface area contributed by atoms with Crippen LogP contribution < -0.4 is 19.5 Å². The number of ether oxygens (including phenoxy) is 2. The molecule has 3 rings (SSSR count). The predicted octanol–water partition coefficient (Wildman–Crippen LogP) is 3.56. The summed E-state index contributed by atoms with van der Waals surface area (Å²) in [6, 6.07) is 11.8. The number of hydrogen-bond donors (Lipinski definition) is 1. The van der Waals surface area contributed by atoms with Gasteiger partial charge in [0.15, 0.2) is 11.5 Å². The van der Waals surface area contributed by atoms with E-state index in [0.29, 0.717) is 11.3 Å². The van der Waals surface area contributed by atoms with Crippen LogP contribution in [0.3, 0.4) is 0 Å². The fourth-order valence-corrected chi connectivity index (χ4v) is 5.01. The predicted molar refractivity (Wildman–Crippen MR) is 124 cm³/mol. The number of aryl methyl sites for hydroxylation is 1. The van der Waals surface area contributed by atoms with Gasteiger partial charge in [-0.3, -0.25) is 9.10 Å². The van der Waals surface area contributed by atoms with Crippen LogP contribution in [0.5, 0.6) is 11.5 Å². The molecule has 180 valence electrons. The quantitative estimate of drug-likeness (QED) is 0.495. The number of anilines is 1. The van der Waals surface area contributed by atoms with Gasteiger partial charge in [0.1, 0.15) is 18.2 Å². The monoisotopic (exact) mass is 490 g/mol. The number of hydrogen-bond acceptors (Lipinski definition) is 5. The Balaban J connectivity index is 2.17. The second-order valence-corrected chi connectivity index (χ2v) is 9.40. The molecule has 1 amide bonds. The average molecular weight is 491 g/mol. The number of carbonyl (C=O) groups is 1. The Hall–Kier alpha value is -3.66. The maximum absolute atomic E-state index is 14.4. The van der Waals surface area contributed by atoms with Gasteiger partial charge in [0.2, 0.25) is 5.91 Å². The van der Waals surface area contributed by atoms with Crippen LogP contribution in [0.25, 0.3) is 0 Å². The molecule has 0 spiro atoms. The molecule has 34 heavy (non-hydrogen) atoms. The molecule has 0 aromatic heterocycles. The SMILES string of the molecule is COc1ccc(S(=O)(=O)N(CC(N)=O)c2ccc(C)cc2Cc2cc(F)ccc2F)cc1OC. The van der Waals surface area contributed by atoms with Gasteiger partial charge in [-0.25, -0.2) is 17.2 Å². The molecule has 0 saturated carbocycles. The van der Waals surface area contributed by atoms with Gasteiger partial charge in [0.25, 0.3) is 10.0 Å². The molecular weight excluding hydrogens is 466 g/mol. The molecule has 0 fully saturated rings. The van der Waals surface area contributed by atoms with Gasteiger partial charge in [-0.15, -0.1) is 0 Å². The first-order valence-corrected chi connectivity index (χ1v) is 11.6. The molecular formula is C24H24F2N2O5S. The lowest BCUT2D eigenvalue weighted by atomic mass is 10.0. The second kappa shape index (κ2) is 10.1. The minimum atomic E-state index is -4.32. The minimum Gasteiger partial charge on any atom is -0.493 e. The molecule has 0 atom stereocenters. The van der Waals surface area contributed by atoms with Crippen molar-refractivity contribution in [1.29, 1.82) is 0 Å².